The van der Waals surface area contributed by atoms with Crippen molar-refractivity contribution in [3.63, 3.8) is 0 Å². The van der Waals surface area contributed by atoms with E-state index in [4.69, 9.17) is 21.1 Å². The van der Waals surface area contributed by atoms with Gasteiger partial charge in [0.15, 0.2) is 5.78 Å². The lowest BCUT2D eigenvalue weighted by molar-refractivity contribution is 0.0298. The molecule has 8 nitrogen and oxygen atoms in total. The molecule has 0 unspecified atom stereocenters. The van der Waals surface area contributed by atoms with Gasteiger partial charge >= 0.3 is 5.97 Å². The first-order valence-electron chi connectivity index (χ1n) is 10.4. The number of esters is 1. The molecule has 5 rings (SSSR count). The third-order valence-corrected chi connectivity index (χ3v) is 6.08. The van der Waals surface area contributed by atoms with E-state index >= 15 is 0 Å². The topological polar surface area (TPSA) is 90.2 Å². The highest BCUT2D eigenvalue weighted by Crippen LogP contribution is 2.36. The fourth-order valence-corrected chi connectivity index (χ4v) is 4.53. The van der Waals surface area contributed by atoms with Gasteiger partial charge in [-0.05, 0) is 30.7 Å². The predicted octanol–water partition coefficient (Wildman–Crippen LogP) is 2.64. The quantitative estimate of drug-likeness (QED) is 0.339. The maximum atomic E-state index is 13.3. The second-order valence-corrected chi connectivity index (χ2v) is 8.08. The van der Waals surface area contributed by atoms with E-state index in [-0.39, 0.29) is 45.2 Å². The maximum absolute atomic E-state index is 13.3. The van der Waals surface area contributed by atoms with E-state index in [9.17, 15) is 14.4 Å². The van der Waals surface area contributed by atoms with Crippen LogP contribution in [0.2, 0.25) is 5.02 Å². The molecule has 4 heterocycles. The molecule has 164 valence electrons. The van der Waals surface area contributed by atoms with E-state index in [1.807, 2.05) is 0 Å². The molecule has 1 fully saturated rings. The average molecular weight is 454 g/mol. The molecule has 0 bridgehead atoms. The van der Waals surface area contributed by atoms with Crippen LogP contribution in [-0.4, -0.2) is 71.3 Å². The summed E-state index contributed by atoms with van der Waals surface area (Å²) in [5.74, 6) is -1.55. The first-order valence-corrected chi connectivity index (χ1v) is 10.8. The molecule has 1 saturated heterocycles. The highest BCUT2D eigenvalue weighted by Gasteiger charge is 2.39. The standard InChI is InChI=1S/C23H20ClN3O5/c24-15-5-2-8-27-19(15)17(23(30)32-11-3-7-26-9-12-31-13-10-26)16-20(27)22(29)18-14(21(16)28)4-1-6-25-18/h1-2,4-6,8H,3,7,9-13H2. The fraction of sp³-hybridized carbons (Fsp3) is 0.304. The number of morpholine rings is 1. The SMILES string of the molecule is O=C1c2cccnc2C(=O)c2c1c(C(=O)OCCCN1CCOCC1)c1c(Cl)cccn21. The van der Waals surface area contributed by atoms with Crippen LogP contribution in [0.25, 0.3) is 5.52 Å². The number of ether oxygens (including phenoxy) is 2. The van der Waals surface area contributed by atoms with Crippen molar-refractivity contribution in [2.24, 2.45) is 0 Å². The summed E-state index contributed by atoms with van der Waals surface area (Å²) in [6.07, 6.45) is 3.71. The Balaban J connectivity index is 1.48. The van der Waals surface area contributed by atoms with Gasteiger partial charge in [-0.25, -0.2) is 4.79 Å². The van der Waals surface area contributed by atoms with Gasteiger partial charge in [0.25, 0.3) is 0 Å². The summed E-state index contributed by atoms with van der Waals surface area (Å²) in [6.45, 7) is 4.08. The summed E-state index contributed by atoms with van der Waals surface area (Å²) in [5.41, 5.74) is 0.630. The van der Waals surface area contributed by atoms with Crippen molar-refractivity contribution in [1.29, 1.82) is 0 Å². The first-order chi connectivity index (χ1) is 15.6. The van der Waals surface area contributed by atoms with E-state index in [2.05, 4.69) is 9.88 Å². The molecule has 3 aromatic rings. The summed E-state index contributed by atoms with van der Waals surface area (Å²) in [6, 6.07) is 6.38. The minimum Gasteiger partial charge on any atom is -0.462 e. The van der Waals surface area contributed by atoms with Gasteiger partial charge in [0.1, 0.15) is 11.4 Å². The zero-order chi connectivity index (χ0) is 22.2. The van der Waals surface area contributed by atoms with E-state index in [0.29, 0.717) is 19.6 Å². The van der Waals surface area contributed by atoms with Gasteiger partial charge in [0.05, 0.1) is 47.1 Å². The largest absolute Gasteiger partial charge is 0.462 e. The van der Waals surface area contributed by atoms with Crippen molar-refractivity contribution in [2.75, 3.05) is 39.5 Å². The molecule has 0 aromatic carbocycles. The number of rotatable bonds is 5. The lowest BCUT2D eigenvalue weighted by Gasteiger charge is -2.26. The summed E-state index contributed by atoms with van der Waals surface area (Å²) >= 11 is 6.41. The number of pyridine rings is 2. The highest BCUT2D eigenvalue weighted by atomic mass is 35.5. The average Bonchev–Trinajstić information content (AvgIpc) is 3.18. The molecule has 0 atom stereocenters. The van der Waals surface area contributed by atoms with Crippen LogP contribution in [0.3, 0.4) is 0 Å². The number of aromatic nitrogens is 2. The van der Waals surface area contributed by atoms with Crippen LogP contribution in [0.5, 0.6) is 0 Å². The molecule has 3 aromatic heterocycles. The van der Waals surface area contributed by atoms with Crippen molar-refractivity contribution in [1.82, 2.24) is 14.3 Å². The number of carbonyl (C=O) groups is 3. The zero-order valence-electron chi connectivity index (χ0n) is 17.2. The summed E-state index contributed by atoms with van der Waals surface area (Å²) in [5, 5.41) is 0.250. The third kappa shape index (κ3) is 3.40. The van der Waals surface area contributed by atoms with Gasteiger partial charge in [-0.3, -0.25) is 19.5 Å². The van der Waals surface area contributed by atoms with Crippen LogP contribution in [0, 0.1) is 0 Å². The monoisotopic (exact) mass is 453 g/mol. The Bertz CT molecular complexity index is 1250. The van der Waals surface area contributed by atoms with Crippen LogP contribution in [0.4, 0.5) is 0 Å². The minimum atomic E-state index is -0.674. The Kier molecular flexibility index (Phi) is 5.50. The summed E-state index contributed by atoms with van der Waals surface area (Å²) in [4.78, 5) is 46.0. The molecule has 1 aliphatic heterocycles. The Morgan fingerprint density at radius 2 is 1.97 bits per heavy atom. The first kappa shape index (κ1) is 20.8. The van der Waals surface area contributed by atoms with Crippen molar-refractivity contribution < 1.29 is 23.9 Å². The molecule has 0 N–H and O–H groups in total. The maximum Gasteiger partial charge on any atom is 0.341 e. The number of ketones is 2. The molecular formula is C23H20ClN3O5. The molecule has 0 spiro atoms. The van der Waals surface area contributed by atoms with Crippen molar-refractivity contribution >= 4 is 34.7 Å². The van der Waals surface area contributed by atoms with Crippen molar-refractivity contribution in [2.45, 2.75) is 6.42 Å². The molecule has 0 saturated carbocycles. The normalized spacial score (nSPS) is 16.2. The smallest absolute Gasteiger partial charge is 0.341 e. The Hall–Kier alpha value is -3.07. The number of hydrogen-bond acceptors (Lipinski definition) is 7. The van der Waals surface area contributed by atoms with Crippen LogP contribution in [-0.2, 0) is 9.47 Å². The molecule has 0 amide bonds. The second-order valence-electron chi connectivity index (χ2n) is 7.67. The predicted molar refractivity (Wildman–Crippen MR) is 116 cm³/mol. The number of hydrogen-bond donors (Lipinski definition) is 0. The van der Waals surface area contributed by atoms with Crippen LogP contribution in [0.1, 0.15) is 48.9 Å². The lowest BCUT2D eigenvalue weighted by Crippen LogP contribution is -2.37. The zero-order valence-corrected chi connectivity index (χ0v) is 17.9. The van der Waals surface area contributed by atoms with Crippen LogP contribution >= 0.6 is 11.6 Å². The molecule has 0 radical (unpaired) electrons. The molecular weight excluding hydrogens is 434 g/mol. The lowest BCUT2D eigenvalue weighted by atomic mass is 9.89. The molecule has 9 heteroatoms. The van der Waals surface area contributed by atoms with E-state index < -0.39 is 17.5 Å². The highest BCUT2D eigenvalue weighted by molar-refractivity contribution is 6.37. The minimum absolute atomic E-state index is 0.0155. The Labute approximate surface area is 188 Å². The van der Waals surface area contributed by atoms with Crippen LogP contribution in [0.15, 0.2) is 36.7 Å². The van der Waals surface area contributed by atoms with Crippen molar-refractivity contribution in [3.05, 3.63) is 69.8 Å². The van der Waals surface area contributed by atoms with Gasteiger partial charge < -0.3 is 13.9 Å². The second kappa shape index (κ2) is 8.46. The number of nitrogens with zero attached hydrogens (tertiary/aromatic N) is 3. The molecule has 1 aliphatic carbocycles. The summed E-state index contributed by atoms with van der Waals surface area (Å²) < 4.78 is 12.4. The van der Waals surface area contributed by atoms with E-state index in [1.54, 1.807) is 24.4 Å². The fourth-order valence-electron chi connectivity index (χ4n) is 4.27. The van der Waals surface area contributed by atoms with Gasteiger partial charge in [-0.2, -0.15) is 0 Å². The van der Waals surface area contributed by atoms with Crippen LogP contribution < -0.4 is 0 Å². The van der Waals surface area contributed by atoms with Gasteiger partial charge in [-0.1, -0.05) is 11.6 Å². The number of halogens is 1. The Morgan fingerprint density at radius 3 is 2.78 bits per heavy atom. The Morgan fingerprint density at radius 1 is 1.16 bits per heavy atom. The van der Waals surface area contributed by atoms with Gasteiger partial charge in [0.2, 0.25) is 5.78 Å². The van der Waals surface area contributed by atoms with Gasteiger partial charge in [0, 0.05) is 32.0 Å². The summed E-state index contributed by atoms with van der Waals surface area (Å²) in [7, 11) is 0. The number of carbonyl (C=O) groups excluding carboxylic acids is 3. The number of fused-ring (bicyclic) bond motifs is 4. The van der Waals surface area contributed by atoms with E-state index in [0.717, 1.165) is 19.6 Å². The molecule has 2 aliphatic rings. The van der Waals surface area contributed by atoms with Crippen molar-refractivity contribution in [3.8, 4) is 0 Å². The van der Waals surface area contributed by atoms with E-state index in [1.165, 1.54) is 16.7 Å². The third-order valence-electron chi connectivity index (χ3n) is 5.78. The van der Waals surface area contributed by atoms with Gasteiger partial charge in [-0.15, -0.1) is 0 Å². The molecule has 32 heavy (non-hydrogen) atoms.